The van der Waals surface area contributed by atoms with E-state index in [0.717, 1.165) is 29.6 Å². The van der Waals surface area contributed by atoms with Gasteiger partial charge in [-0.25, -0.2) is 4.98 Å². The molecular weight excluding hydrogens is 360 g/mol. The average molecular weight is 379 g/mol. The molecule has 0 saturated heterocycles. The van der Waals surface area contributed by atoms with Crippen LogP contribution in [0.3, 0.4) is 0 Å². The van der Waals surface area contributed by atoms with Crippen LogP contribution in [0, 0.1) is 0 Å². The van der Waals surface area contributed by atoms with E-state index in [1.807, 2.05) is 30.3 Å². The van der Waals surface area contributed by atoms with Crippen molar-refractivity contribution >= 4 is 28.5 Å². The van der Waals surface area contributed by atoms with Crippen LogP contribution in [-0.2, 0) is 6.42 Å². The zero-order valence-corrected chi connectivity index (χ0v) is 15.6. The summed E-state index contributed by atoms with van der Waals surface area (Å²) in [6, 6.07) is 18.2. The van der Waals surface area contributed by atoms with Gasteiger partial charge in [-0.15, -0.1) is 0 Å². The highest BCUT2D eigenvalue weighted by molar-refractivity contribution is 6.30. The molecule has 5 nitrogen and oxygen atoms in total. The fourth-order valence-corrected chi connectivity index (χ4v) is 3.16. The number of rotatable bonds is 6. The topological polar surface area (TPSA) is 63.8 Å². The molecule has 0 saturated carbocycles. The number of nitrogens with zero attached hydrogens (tertiary/aromatic N) is 3. The first kappa shape index (κ1) is 17.5. The number of benzene rings is 2. The van der Waals surface area contributed by atoms with E-state index in [-0.39, 0.29) is 6.04 Å². The lowest BCUT2D eigenvalue weighted by atomic mass is 10.1. The van der Waals surface area contributed by atoms with E-state index in [1.165, 1.54) is 11.9 Å². The molecule has 4 rings (SSSR count). The molecule has 0 unspecified atom stereocenters. The fraction of sp³-hybridized carbons (Fsp3) is 0.190. The minimum Gasteiger partial charge on any atom is -0.367 e. The predicted octanol–water partition coefficient (Wildman–Crippen LogP) is 5.37. The Bertz CT molecular complexity index is 1030. The van der Waals surface area contributed by atoms with Crippen molar-refractivity contribution in [2.24, 2.45) is 0 Å². The number of nitrogens with one attached hydrogen (secondary N) is 1. The summed E-state index contributed by atoms with van der Waals surface area (Å²) in [5.41, 5.74) is 3.41. The zero-order valence-electron chi connectivity index (χ0n) is 14.9. The molecule has 0 fully saturated rings. The van der Waals surface area contributed by atoms with Crippen molar-refractivity contribution in [3.8, 4) is 11.3 Å². The number of hydrogen-bond donors (Lipinski definition) is 1. The van der Waals surface area contributed by atoms with Crippen molar-refractivity contribution in [1.29, 1.82) is 0 Å². The van der Waals surface area contributed by atoms with Crippen LogP contribution in [0.1, 0.15) is 18.9 Å². The van der Waals surface area contributed by atoms with E-state index >= 15 is 0 Å². The third-order valence-corrected chi connectivity index (χ3v) is 4.73. The summed E-state index contributed by atoms with van der Waals surface area (Å²) in [6.45, 7) is 2.15. The highest BCUT2D eigenvalue weighted by Gasteiger charge is 2.18. The van der Waals surface area contributed by atoms with Gasteiger partial charge in [-0.2, -0.15) is 4.98 Å². The number of halogens is 1. The van der Waals surface area contributed by atoms with Crippen LogP contribution in [0.4, 0.5) is 5.82 Å². The predicted molar refractivity (Wildman–Crippen MR) is 108 cm³/mol. The van der Waals surface area contributed by atoms with Gasteiger partial charge in [-0.1, -0.05) is 59.2 Å². The molecule has 0 radical (unpaired) electrons. The average Bonchev–Trinajstić information content (AvgIpc) is 3.13. The third kappa shape index (κ3) is 3.93. The largest absolute Gasteiger partial charge is 0.367 e. The van der Waals surface area contributed by atoms with Crippen molar-refractivity contribution < 1.29 is 4.52 Å². The molecule has 136 valence electrons. The lowest BCUT2D eigenvalue weighted by Gasteiger charge is -2.15. The Labute approximate surface area is 162 Å². The number of hydrogen-bond acceptors (Lipinski definition) is 5. The molecular formula is C21H19ClN4O. The maximum absolute atomic E-state index is 6.00. The summed E-state index contributed by atoms with van der Waals surface area (Å²) in [7, 11) is 0. The van der Waals surface area contributed by atoms with Crippen molar-refractivity contribution in [2.45, 2.75) is 25.8 Å². The van der Waals surface area contributed by atoms with E-state index < -0.39 is 0 Å². The summed E-state index contributed by atoms with van der Waals surface area (Å²) < 4.78 is 5.41. The SMILES string of the molecule is C[C@@H](CCc1ccccc1)Nc1ncnc2onc(-c3ccc(Cl)cc3)c12. The fourth-order valence-electron chi connectivity index (χ4n) is 3.03. The molecule has 0 spiro atoms. The van der Waals surface area contributed by atoms with Gasteiger partial charge in [0.15, 0.2) is 0 Å². The molecule has 0 aliphatic rings. The second-order valence-electron chi connectivity index (χ2n) is 6.51. The Balaban J connectivity index is 1.58. The molecule has 0 bridgehead atoms. The molecule has 2 aromatic carbocycles. The van der Waals surface area contributed by atoms with E-state index in [9.17, 15) is 0 Å². The van der Waals surface area contributed by atoms with Gasteiger partial charge in [-0.05, 0) is 37.5 Å². The van der Waals surface area contributed by atoms with Crippen LogP contribution in [-0.4, -0.2) is 21.2 Å². The molecule has 2 heterocycles. The molecule has 2 aromatic heterocycles. The van der Waals surface area contributed by atoms with Crippen LogP contribution >= 0.6 is 11.6 Å². The van der Waals surface area contributed by atoms with Crippen molar-refractivity contribution in [3.05, 3.63) is 71.5 Å². The van der Waals surface area contributed by atoms with Gasteiger partial charge in [0.2, 0.25) is 0 Å². The third-order valence-electron chi connectivity index (χ3n) is 4.48. The van der Waals surface area contributed by atoms with E-state index in [1.54, 1.807) is 0 Å². The van der Waals surface area contributed by atoms with Gasteiger partial charge in [0, 0.05) is 16.6 Å². The van der Waals surface area contributed by atoms with Gasteiger partial charge >= 0.3 is 0 Å². The standard InChI is InChI=1S/C21H19ClN4O/c1-14(7-8-15-5-3-2-4-6-15)25-20-18-19(16-9-11-17(22)12-10-16)26-27-21(18)24-13-23-20/h2-6,9-14H,7-8H2,1H3,(H,23,24,25)/t14-/m0/s1. The minimum atomic E-state index is 0.233. The molecule has 0 aliphatic heterocycles. The second kappa shape index (κ2) is 7.76. The van der Waals surface area contributed by atoms with Crippen LogP contribution < -0.4 is 5.32 Å². The van der Waals surface area contributed by atoms with Crippen LogP contribution in [0.25, 0.3) is 22.4 Å². The number of aromatic nitrogens is 3. The number of fused-ring (bicyclic) bond motifs is 1. The molecule has 6 heteroatoms. The Morgan fingerprint density at radius 2 is 1.81 bits per heavy atom. The highest BCUT2D eigenvalue weighted by Crippen LogP contribution is 2.32. The van der Waals surface area contributed by atoms with Gasteiger partial charge in [0.05, 0.1) is 0 Å². The first-order chi connectivity index (χ1) is 13.2. The molecule has 27 heavy (non-hydrogen) atoms. The summed E-state index contributed by atoms with van der Waals surface area (Å²) in [6.07, 6.45) is 3.47. The Morgan fingerprint density at radius 1 is 1.04 bits per heavy atom. The van der Waals surface area contributed by atoms with E-state index in [0.29, 0.717) is 16.4 Å². The maximum Gasteiger partial charge on any atom is 0.263 e. The monoisotopic (exact) mass is 378 g/mol. The van der Waals surface area contributed by atoms with Crippen molar-refractivity contribution in [1.82, 2.24) is 15.1 Å². The second-order valence-corrected chi connectivity index (χ2v) is 6.95. The molecule has 4 aromatic rings. The minimum absolute atomic E-state index is 0.233. The Morgan fingerprint density at radius 3 is 2.59 bits per heavy atom. The lowest BCUT2D eigenvalue weighted by Crippen LogP contribution is -2.17. The first-order valence-corrected chi connectivity index (χ1v) is 9.25. The van der Waals surface area contributed by atoms with Crippen molar-refractivity contribution in [3.63, 3.8) is 0 Å². The number of aryl methyl sites for hydroxylation is 1. The summed E-state index contributed by atoms with van der Waals surface area (Å²) >= 11 is 6.00. The summed E-state index contributed by atoms with van der Waals surface area (Å²) in [4.78, 5) is 8.63. The molecule has 0 amide bonds. The van der Waals surface area contributed by atoms with E-state index in [4.69, 9.17) is 16.1 Å². The van der Waals surface area contributed by atoms with Gasteiger partial charge in [-0.3, -0.25) is 0 Å². The highest BCUT2D eigenvalue weighted by atomic mass is 35.5. The van der Waals surface area contributed by atoms with Crippen LogP contribution in [0.2, 0.25) is 5.02 Å². The van der Waals surface area contributed by atoms with Gasteiger partial charge < -0.3 is 9.84 Å². The molecule has 1 N–H and O–H groups in total. The molecule has 0 aliphatic carbocycles. The lowest BCUT2D eigenvalue weighted by molar-refractivity contribution is 0.451. The first-order valence-electron chi connectivity index (χ1n) is 8.87. The maximum atomic E-state index is 6.00. The van der Waals surface area contributed by atoms with Gasteiger partial charge in [0.1, 0.15) is 23.2 Å². The Hall–Kier alpha value is -2.92. The van der Waals surface area contributed by atoms with Crippen LogP contribution in [0.15, 0.2) is 65.4 Å². The molecule has 1 atom stereocenters. The summed E-state index contributed by atoms with van der Waals surface area (Å²) in [5.74, 6) is 0.728. The van der Waals surface area contributed by atoms with Crippen LogP contribution in [0.5, 0.6) is 0 Å². The van der Waals surface area contributed by atoms with Crippen molar-refractivity contribution in [2.75, 3.05) is 5.32 Å². The quantitative estimate of drug-likeness (QED) is 0.488. The van der Waals surface area contributed by atoms with Gasteiger partial charge in [0.25, 0.3) is 5.71 Å². The smallest absolute Gasteiger partial charge is 0.263 e. The van der Waals surface area contributed by atoms with E-state index in [2.05, 4.69) is 51.6 Å². The number of anilines is 1. The zero-order chi connectivity index (χ0) is 18.6. The summed E-state index contributed by atoms with van der Waals surface area (Å²) in [5, 5.41) is 9.14. The Kier molecular flexibility index (Phi) is 5.03. The normalized spacial score (nSPS) is 12.2.